The normalized spacial score (nSPS) is 14.1. The van der Waals surface area contributed by atoms with E-state index in [0.29, 0.717) is 0 Å². The lowest BCUT2D eigenvalue weighted by Crippen LogP contribution is -2.06. The van der Waals surface area contributed by atoms with Crippen LogP contribution in [0.5, 0.6) is 0 Å². The Bertz CT molecular complexity index is 586. The number of rotatable bonds is 1. The Labute approximate surface area is 105 Å². The van der Waals surface area contributed by atoms with Crippen molar-refractivity contribution in [3.8, 4) is 0 Å². The van der Waals surface area contributed by atoms with Crippen molar-refractivity contribution in [3.05, 3.63) is 53.3 Å². The Morgan fingerprint density at radius 3 is 3.00 bits per heavy atom. The van der Waals surface area contributed by atoms with Crippen LogP contribution < -0.4 is 0 Å². The number of benzene rings is 1. The SMILES string of the molecule is CSc1ccc2c(c1)C(=O)c1cccn1CC2. The molecule has 0 radical (unpaired) electrons. The molecule has 17 heavy (non-hydrogen) atoms. The highest BCUT2D eigenvalue weighted by Gasteiger charge is 2.20. The fourth-order valence-corrected chi connectivity index (χ4v) is 2.75. The molecule has 0 N–H and O–H groups in total. The molecule has 1 aliphatic rings. The van der Waals surface area contributed by atoms with Gasteiger partial charge in [-0.1, -0.05) is 6.07 Å². The van der Waals surface area contributed by atoms with Crippen molar-refractivity contribution in [2.24, 2.45) is 0 Å². The van der Waals surface area contributed by atoms with Crippen LogP contribution in [0, 0.1) is 0 Å². The summed E-state index contributed by atoms with van der Waals surface area (Å²) < 4.78 is 2.04. The number of aromatic nitrogens is 1. The van der Waals surface area contributed by atoms with E-state index < -0.39 is 0 Å². The first kappa shape index (κ1) is 10.7. The fraction of sp³-hybridized carbons (Fsp3) is 0.214. The highest BCUT2D eigenvalue weighted by Crippen LogP contribution is 2.25. The molecule has 3 heteroatoms. The van der Waals surface area contributed by atoms with Crippen molar-refractivity contribution in [2.75, 3.05) is 6.26 Å². The van der Waals surface area contributed by atoms with Gasteiger partial charge in [-0.2, -0.15) is 0 Å². The van der Waals surface area contributed by atoms with Crippen LogP contribution in [0.3, 0.4) is 0 Å². The van der Waals surface area contributed by atoms with Crippen molar-refractivity contribution >= 4 is 17.5 Å². The molecule has 0 spiro atoms. The molecule has 0 saturated heterocycles. The van der Waals surface area contributed by atoms with E-state index in [0.717, 1.165) is 34.7 Å². The average molecular weight is 243 g/mol. The topological polar surface area (TPSA) is 22.0 Å². The summed E-state index contributed by atoms with van der Waals surface area (Å²) in [6.07, 6.45) is 4.94. The second-order valence-electron chi connectivity index (χ2n) is 4.19. The lowest BCUT2D eigenvalue weighted by Gasteiger charge is -2.05. The van der Waals surface area contributed by atoms with Crippen LogP contribution in [-0.4, -0.2) is 16.6 Å². The lowest BCUT2D eigenvalue weighted by molar-refractivity contribution is 0.103. The number of ketones is 1. The molecule has 1 aliphatic heterocycles. The average Bonchev–Trinajstić information content (AvgIpc) is 2.79. The lowest BCUT2D eigenvalue weighted by atomic mass is 10.0. The van der Waals surface area contributed by atoms with E-state index >= 15 is 0 Å². The molecule has 0 atom stereocenters. The molecule has 2 nitrogen and oxygen atoms in total. The second-order valence-corrected chi connectivity index (χ2v) is 5.07. The van der Waals surface area contributed by atoms with Gasteiger partial charge < -0.3 is 4.57 Å². The van der Waals surface area contributed by atoms with Gasteiger partial charge in [-0.05, 0) is 42.5 Å². The molecule has 2 heterocycles. The minimum absolute atomic E-state index is 0.151. The molecule has 1 aromatic heterocycles. The summed E-state index contributed by atoms with van der Waals surface area (Å²) in [6, 6.07) is 10.0. The van der Waals surface area contributed by atoms with E-state index in [4.69, 9.17) is 0 Å². The molecule has 1 aromatic carbocycles. The predicted octanol–water partition coefficient (Wildman–Crippen LogP) is 3.00. The minimum atomic E-state index is 0.151. The van der Waals surface area contributed by atoms with Gasteiger partial charge in [-0.3, -0.25) is 4.79 Å². The Balaban J connectivity index is 2.17. The number of hydrogen-bond acceptors (Lipinski definition) is 2. The smallest absolute Gasteiger partial charge is 0.209 e. The van der Waals surface area contributed by atoms with Crippen molar-refractivity contribution in [3.63, 3.8) is 0 Å². The van der Waals surface area contributed by atoms with Gasteiger partial charge in [0.25, 0.3) is 0 Å². The summed E-state index contributed by atoms with van der Waals surface area (Å²) in [4.78, 5) is 13.6. The quantitative estimate of drug-likeness (QED) is 0.718. The molecule has 0 amide bonds. The fourth-order valence-electron chi connectivity index (χ4n) is 2.31. The number of carbonyl (C=O) groups is 1. The zero-order chi connectivity index (χ0) is 11.8. The van der Waals surface area contributed by atoms with E-state index in [-0.39, 0.29) is 5.78 Å². The number of carbonyl (C=O) groups excluding carboxylic acids is 1. The van der Waals surface area contributed by atoms with Crippen molar-refractivity contribution in [1.29, 1.82) is 0 Å². The number of thioether (sulfide) groups is 1. The Kier molecular flexibility index (Phi) is 2.56. The molecule has 0 unspecified atom stereocenters. The van der Waals surface area contributed by atoms with Gasteiger partial charge in [0.1, 0.15) is 0 Å². The summed E-state index contributed by atoms with van der Waals surface area (Å²) in [6.45, 7) is 0.889. The minimum Gasteiger partial charge on any atom is -0.344 e. The van der Waals surface area contributed by atoms with E-state index in [2.05, 4.69) is 12.1 Å². The van der Waals surface area contributed by atoms with E-state index in [1.807, 2.05) is 35.2 Å². The van der Waals surface area contributed by atoms with Gasteiger partial charge in [0, 0.05) is 23.2 Å². The van der Waals surface area contributed by atoms with Gasteiger partial charge in [0.05, 0.1) is 5.69 Å². The van der Waals surface area contributed by atoms with Gasteiger partial charge in [0.2, 0.25) is 5.78 Å². The molecule has 0 saturated carbocycles. The first-order chi connectivity index (χ1) is 8.29. The van der Waals surface area contributed by atoms with Crippen molar-refractivity contribution in [1.82, 2.24) is 4.57 Å². The maximum absolute atomic E-state index is 12.4. The first-order valence-corrected chi connectivity index (χ1v) is 6.89. The van der Waals surface area contributed by atoms with Crippen LogP contribution in [0.15, 0.2) is 41.4 Å². The van der Waals surface area contributed by atoms with Crippen LogP contribution in [0.2, 0.25) is 0 Å². The summed E-state index contributed by atoms with van der Waals surface area (Å²) in [5.74, 6) is 0.151. The molecular formula is C14H13NOS. The summed E-state index contributed by atoms with van der Waals surface area (Å²) in [7, 11) is 0. The van der Waals surface area contributed by atoms with Gasteiger partial charge in [0.15, 0.2) is 0 Å². The second kappa shape index (κ2) is 4.08. The Hall–Kier alpha value is -1.48. The van der Waals surface area contributed by atoms with Gasteiger partial charge >= 0.3 is 0 Å². The van der Waals surface area contributed by atoms with Crippen molar-refractivity contribution < 1.29 is 4.79 Å². The first-order valence-electron chi connectivity index (χ1n) is 5.66. The highest BCUT2D eigenvalue weighted by molar-refractivity contribution is 7.98. The zero-order valence-electron chi connectivity index (χ0n) is 9.64. The molecular weight excluding hydrogens is 230 g/mol. The number of hydrogen-bond donors (Lipinski definition) is 0. The predicted molar refractivity (Wildman–Crippen MR) is 69.8 cm³/mol. The summed E-state index contributed by atoms with van der Waals surface area (Å²) in [5, 5.41) is 0. The monoisotopic (exact) mass is 243 g/mol. The van der Waals surface area contributed by atoms with Crippen LogP contribution in [0.4, 0.5) is 0 Å². The van der Waals surface area contributed by atoms with Crippen LogP contribution in [0.1, 0.15) is 21.6 Å². The van der Waals surface area contributed by atoms with Gasteiger partial charge in [-0.15, -0.1) is 11.8 Å². The molecule has 3 rings (SSSR count). The Morgan fingerprint density at radius 2 is 2.18 bits per heavy atom. The third-order valence-electron chi connectivity index (χ3n) is 3.25. The van der Waals surface area contributed by atoms with E-state index in [9.17, 15) is 4.79 Å². The number of aryl methyl sites for hydroxylation is 2. The third-order valence-corrected chi connectivity index (χ3v) is 3.97. The Morgan fingerprint density at radius 1 is 1.29 bits per heavy atom. The zero-order valence-corrected chi connectivity index (χ0v) is 10.5. The molecule has 0 fully saturated rings. The summed E-state index contributed by atoms with van der Waals surface area (Å²) >= 11 is 1.67. The van der Waals surface area contributed by atoms with E-state index in [1.54, 1.807) is 11.8 Å². The standard InChI is InChI=1S/C14H13NOS/c1-17-11-5-4-10-6-8-15-7-2-3-13(15)14(16)12(10)9-11/h2-5,7,9H,6,8H2,1H3. The number of fused-ring (bicyclic) bond motifs is 2. The largest absolute Gasteiger partial charge is 0.344 e. The molecule has 2 aromatic rings. The molecule has 0 bridgehead atoms. The molecule has 86 valence electrons. The van der Waals surface area contributed by atoms with Crippen LogP contribution in [0.25, 0.3) is 0 Å². The van der Waals surface area contributed by atoms with Gasteiger partial charge in [-0.25, -0.2) is 0 Å². The summed E-state index contributed by atoms with van der Waals surface area (Å²) in [5.41, 5.74) is 2.84. The highest BCUT2D eigenvalue weighted by atomic mass is 32.2. The van der Waals surface area contributed by atoms with Crippen molar-refractivity contribution in [2.45, 2.75) is 17.9 Å². The maximum Gasteiger partial charge on any atom is 0.209 e. The third kappa shape index (κ3) is 1.71. The molecule has 0 aliphatic carbocycles. The maximum atomic E-state index is 12.4. The van der Waals surface area contributed by atoms with E-state index in [1.165, 1.54) is 0 Å². The number of nitrogens with zero attached hydrogens (tertiary/aromatic N) is 1. The van der Waals surface area contributed by atoms with Crippen LogP contribution in [-0.2, 0) is 13.0 Å². The van der Waals surface area contributed by atoms with Crippen LogP contribution >= 0.6 is 11.8 Å².